The number of amides is 1. The summed E-state index contributed by atoms with van der Waals surface area (Å²) in [5, 5.41) is 9.98. The van der Waals surface area contributed by atoms with E-state index in [0.29, 0.717) is 17.9 Å². The fourth-order valence-corrected chi connectivity index (χ4v) is 5.59. The number of allylic oxidation sites excluding steroid dienone is 4. The van der Waals surface area contributed by atoms with Crippen LogP contribution in [0.15, 0.2) is 78.9 Å². The third-order valence-corrected chi connectivity index (χ3v) is 7.65. The van der Waals surface area contributed by atoms with E-state index in [2.05, 4.69) is 54.6 Å². The van der Waals surface area contributed by atoms with E-state index in [-0.39, 0.29) is 18.2 Å². The minimum Gasteiger partial charge on any atom is -0.481 e. The van der Waals surface area contributed by atoms with Crippen molar-refractivity contribution in [2.45, 2.75) is 56.8 Å². The number of carbonyl (C=O) groups is 2. The number of carboxylic acid groups (broad SMARTS) is 1. The maximum atomic E-state index is 13.4. The lowest BCUT2D eigenvalue weighted by atomic mass is 9.89. The Hall–Kier alpha value is -3.73. The first-order valence-electron chi connectivity index (χ1n) is 13.4. The van der Waals surface area contributed by atoms with Crippen LogP contribution in [0.4, 0.5) is 0 Å². The quantitative estimate of drug-likeness (QED) is 0.356. The van der Waals surface area contributed by atoms with Crippen molar-refractivity contribution in [2.75, 3.05) is 13.1 Å². The predicted octanol–water partition coefficient (Wildman–Crippen LogP) is 6.65. The number of likely N-dealkylation sites (tertiary alicyclic amines) is 1. The highest BCUT2D eigenvalue weighted by molar-refractivity contribution is 5.98. The lowest BCUT2D eigenvalue weighted by Gasteiger charge is -2.32. The molecule has 1 amide bonds. The number of carboxylic acids is 1. The largest absolute Gasteiger partial charge is 0.481 e. The van der Waals surface area contributed by atoms with Gasteiger partial charge in [-0.25, -0.2) is 0 Å². The van der Waals surface area contributed by atoms with Crippen LogP contribution in [0.2, 0.25) is 0 Å². The van der Waals surface area contributed by atoms with E-state index >= 15 is 0 Å². The molecule has 37 heavy (non-hydrogen) atoms. The minimum absolute atomic E-state index is 0.0841. The molecule has 1 fully saturated rings. The number of nitrogens with zero attached hydrogens (tertiary/aromatic N) is 2. The summed E-state index contributed by atoms with van der Waals surface area (Å²) >= 11 is 0. The Balaban J connectivity index is 1.34. The average molecular weight is 495 g/mol. The standard InChI is InChI=1S/C32H34N2O3/c35-30(36)14-8-7-13-26-21-28-22-27(15-16-29(28)33-31(26)25-11-5-2-6-12-25)32(37)34-19-17-24(18-20-34)23-9-3-1-4-10-23/h1-6,9-11,15-16,21-22,24-25H,7-8,12-14,17-20H2,(H,35,36). The Kier molecular flexibility index (Phi) is 7.79. The number of aryl methyl sites for hydroxylation is 1. The molecule has 3 aromatic rings. The Bertz CT molecular complexity index is 1320. The van der Waals surface area contributed by atoms with E-state index in [0.717, 1.165) is 67.4 Å². The summed E-state index contributed by atoms with van der Waals surface area (Å²) in [5.74, 6) is 0.0574. The Morgan fingerprint density at radius 3 is 2.51 bits per heavy atom. The van der Waals surface area contributed by atoms with Gasteiger partial charge in [0.2, 0.25) is 0 Å². The zero-order valence-corrected chi connectivity index (χ0v) is 21.2. The summed E-state index contributed by atoms with van der Waals surface area (Å²) in [4.78, 5) is 31.4. The summed E-state index contributed by atoms with van der Waals surface area (Å²) < 4.78 is 0. The molecule has 190 valence electrons. The molecule has 2 aromatic carbocycles. The first-order chi connectivity index (χ1) is 18.1. The maximum Gasteiger partial charge on any atom is 0.303 e. The maximum absolute atomic E-state index is 13.4. The summed E-state index contributed by atoms with van der Waals surface area (Å²) in [6, 6.07) is 18.6. The van der Waals surface area contributed by atoms with Gasteiger partial charge < -0.3 is 10.0 Å². The van der Waals surface area contributed by atoms with Gasteiger partial charge in [-0.15, -0.1) is 0 Å². The summed E-state index contributed by atoms with van der Waals surface area (Å²) in [7, 11) is 0. The summed E-state index contributed by atoms with van der Waals surface area (Å²) in [6.07, 6.45) is 13.8. The number of benzene rings is 2. The normalized spacial score (nSPS) is 17.8. The monoisotopic (exact) mass is 494 g/mol. The van der Waals surface area contributed by atoms with Crippen molar-refractivity contribution in [3.8, 4) is 0 Å². The molecule has 5 rings (SSSR count). The van der Waals surface area contributed by atoms with Gasteiger partial charge >= 0.3 is 5.97 Å². The highest BCUT2D eigenvalue weighted by Gasteiger charge is 2.25. The van der Waals surface area contributed by atoms with Gasteiger partial charge in [0, 0.05) is 36.4 Å². The van der Waals surface area contributed by atoms with Crippen molar-refractivity contribution in [1.82, 2.24) is 9.88 Å². The van der Waals surface area contributed by atoms with E-state index in [1.807, 2.05) is 29.2 Å². The number of hydrogen-bond donors (Lipinski definition) is 1. The van der Waals surface area contributed by atoms with Crippen molar-refractivity contribution in [2.24, 2.45) is 0 Å². The highest BCUT2D eigenvalue weighted by Crippen LogP contribution is 2.31. The number of pyridine rings is 1. The second-order valence-corrected chi connectivity index (χ2v) is 10.2. The molecule has 5 nitrogen and oxygen atoms in total. The molecule has 0 spiro atoms. The lowest BCUT2D eigenvalue weighted by molar-refractivity contribution is -0.137. The minimum atomic E-state index is -0.756. The van der Waals surface area contributed by atoms with E-state index in [4.69, 9.17) is 10.1 Å². The number of piperidine rings is 1. The Labute approximate surface area is 218 Å². The second kappa shape index (κ2) is 11.5. The van der Waals surface area contributed by atoms with Crippen molar-refractivity contribution in [3.05, 3.63) is 101 Å². The van der Waals surface area contributed by atoms with Gasteiger partial charge in [0.1, 0.15) is 0 Å². The van der Waals surface area contributed by atoms with Gasteiger partial charge in [-0.2, -0.15) is 0 Å². The van der Waals surface area contributed by atoms with E-state index in [9.17, 15) is 9.59 Å². The van der Waals surface area contributed by atoms with Crippen molar-refractivity contribution >= 4 is 22.8 Å². The van der Waals surface area contributed by atoms with Crippen molar-refractivity contribution < 1.29 is 14.7 Å². The lowest BCUT2D eigenvalue weighted by Crippen LogP contribution is -2.37. The SMILES string of the molecule is O=C(O)CCCCc1cc2cc(C(=O)N3CCC(c4ccccc4)CC3)ccc2nc1C1C=CC=CC1. The number of rotatable bonds is 8. The molecule has 1 unspecified atom stereocenters. The first kappa shape index (κ1) is 24.9. The molecule has 5 heteroatoms. The van der Waals surface area contributed by atoms with Gasteiger partial charge in [-0.05, 0) is 79.8 Å². The molecule has 1 aliphatic carbocycles. The molecule has 1 atom stereocenters. The third-order valence-electron chi connectivity index (χ3n) is 7.65. The number of carbonyl (C=O) groups excluding carboxylic acids is 1. The molecule has 1 N–H and O–H groups in total. The van der Waals surface area contributed by atoms with Crippen LogP contribution < -0.4 is 0 Å². The van der Waals surface area contributed by atoms with E-state index in [1.165, 1.54) is 5.56 Å². The number of unbranched alkanes of at least 4 members (excludes halogenated alkanes) is 1. The zero-order chi connectivity index (χ0) is 25.6. The van der Waals surface area contributed by atoms with Crippen molar-refractivity contribution in [1.29, 1.82) is 0 Å². The van der Waals surface area contributed by atoms with Gasteiger partial charge in [-0.1, -0.05) is 54.6 Å². The molecule has 1 aromatic heterocycles. The Morgan fingerprint density at radius 1 is 0.973 bits per heavy atom. The molecular formula is C32H34N2O3. The fraction of sp³-hybridized carbons (Fsp3) is 0.344. The van der Waals surface area contributed by atoms with Crippen LogP contribution in [0, 0.1) is 0 Å². The molecular weight excluding hydrogens is 460 g/mol. The summed E-state index contributed by atoms with van der Waals surface area (Å²) in [6.45, 7) is 1.54. The van der Waals surface area contributed by atoms with Crippen LogP contribution in [0.25, 0.3) is 10.9 Å². The third kappa shape index (κ3) is 5.99. The highest BCUT2D eigenvalue weighted by atomic mass is 16.4. The molecule has 0 bridgehead atoms. The average Bonchev–Trinajstić information content (AvgIpc) is 2.95. The van der Waals surface area contributed by atoms with Gasteiger partial charge in [0.25, 0.3) is 5.91 Å². The molecule has 1 saturated heterocycles. The smallest absolute Gasteiger partial charge is 0.303 e. The van der Waals surface area contributed by atoms with Crippen LogP contribution in [0.5, 0.6) is 0 Å². The van der Waals surface area contributed by atoms with Gasteiger partial charge in [-0.3, -0.25) is 14.6 Å². The van der Waals surface area contributed by atoms with Gasteiger partial charge in [0.15, 0.2) is 0 Å². The molecule has 2 aliphatic rings. The fourth-order valence-electron chi connectivity index (χ4n) is 5.59. The van der Waals surface area contributed by atoms with Crippen LogP contribution in [0.1, 0.15) is 77.5 Å². The number of aliphatic carboxylic acids is 1. The van der Waals surface area contributed by atoms with Crippen LogP contribution in [-0.4, -0.2) is 40.0 Å². The Morgan fingerprint density at radius 2 is 1.78 bits per heavy atom. The molecule has 1 aliphatic heterocycles. The van der Waals surface area contributed by atoms with Gasteiger partial charge in [0.05, 0.1) is 11.2 Å². The number of aromatic nitrogens is 1. The van der Waals surface area contributed by atoms with E-state index in [1.54, 1.807) is 0 Å². The number of hydrogen-bond acceptors (Lipinski definition) is 3. The predicted molar refractivity (Wildman–Crippen MR) is 147 cm³/mol. The van der Waals surface area contributed by atoms with E-state index < -0.39 is 5.97 Å². The molecule has 0 radical (unpaired) electrons. The van der Waals surface area contributed by atoms with Crippen LogP contribution in [0.3, 0.4) is 0 Å². The zero-order valence-electron chi connectivity index (χ0n) is 21.2. The van der Waals surface area contributed by atoms with Crippen LogP contribution in [-0.2, 0) is 11.2 Å². The summed E-state index contributed by atoms with van der Waals surface area (Å²) in [5.41, 5.74) is 5.17. The second-order valence-electron chi connectivity index (χ2n) is 10.2. The molecule has 0 saturated carbocycles. The number of fused-ring (bicyclic) bond motifs is 1. The molecule has 2 heterocycles. The topological polar surface area (TPSA) is 70.5 Å². The van der Waals surface area contributed by atoms with Crippen LogP contribution >= 0.6 is 0 Å². The van der Waals surface area contributed by atoms with Crippen molar-refractivity contribution in [3.63, 3.8) is 0 Å². The first-order valence-corrected chi connectivity index (χ1v) is 13.4.